The molecule has 1 aliphatic carbocycles. The number of nitrogens with two attached hydrogens (primary N) is 1. The summed E-state index contributed by atoms with van der Waals surface area (Å²) in [6.45, 7) is 0.00468. The highest BCUT2D eigenvalue weighted by atomic mass is 16.7. The number of amides is 1. The molecule has 8 nitrogen and oxygen atoms in total. The number of hydrogen-bond acceptors (Lipinski definition) is 6. The highest BCUT2D eigenvalue weighted by molar-refractivity contribution is 6.01. The first-order valence-electron chi connectivity index (χ1n) is 5.68. The van der Waals surface area contributed by atoms with Crippen LogP contribution >= 0.6 is 0 Å². The maximum Gasteiger partial charge on any atom is 0.296 e. The zero-order valence-corrected chi connectivity index (χ0v) is 9.84. The van der Waals surface area contributed by atoms with E-state index in [-0.39, 0.29) is 18.2 Å². The first kappa shape index (κ1) is 11.7. The van der Waals surface area contributed by atoms with Gasteiger partial charge in [0.2, 0.25) is 12.7 Å². The predicted octanol–water partition coefficient (Wildman–Crippen LogP) is 0.753. The van der Waals surface area contributed by atoms with Gasteiger partial charge in [-0.2, -0.15) is 0 Å². The summed E-state index contributed by atoms with van der Waals surface area (Å²) in [6.07, 6.45) is 1.16. The normalized spacial score (nSPS) is 17.9. The van der Waals surface area contributed by atoms with E-state index >= 15 is 0 Å². The average Bonchev–Trinajstić information content (AvgIpc) is 2.95. The summed E-state index contributed by atoms with van der Waals surface area (Å²) in [6, 6.07) is 2.61. The smallest absolute Gasteiger partial charge is 0.296 e. The van der Waals surface area contributed by atoms with Crippen LogP contribution < -0.4 is 20.5 Å². The van der Waals surface area contributed by atoms with Gasteiger partial charge in [-0.05, 0) is 12.8 Å². The van der Waals surface area contributed by atoms with Crippen LogP contribution in [0.1, 0.15) is 12.8 Å². The molecule has 1 aromatic carbocycles. The maximum atomic E-state index is 11.8. The molecule has 0 atom stereocenters. The van der Waals surface area contributed by atoms with Gasteiger partial charge in [0.25, 0.3) is 5.69 Å². The highest BCUT2D eigenvalue weighted by Crippen LogP contribution is 2.41. The van der Waals surface area contributed by atoms with Crippen molar-refractivity contribution in [3.05, 3.63) is 22.2 Å². The molecule has 100 valence electrons. The first-order chi connectivity index (χ1) is 8.99. The number of nitro groups is 1. The van der Waals surface area contributed by atoms with Crippen LogP contribution in [-0.2, 0) is 4.79 Å². The topological polar surface area (TPSA) is 117 Å². The number of hydrogen-bond donors (Lipinski definition) is 2. The minimum absolute atomic E-state index is 0.00468. The molecule has 1 fully saturated rings. The zero-order valence-electron chi connectivity index (χ0n) is 9.84. The van der Waals surface area contributed by atoms with Gasteiger partial charge in [-0.3, -0.25) is 14.9 Å². The van der Waals surface area contributed by atoms with Crippen LogP contribution in [0.2, 0.25) is 0 Å². The van der Waals surface area contributed by atoms with E-state index in [0.717, 1.165) is 0 Å². The van der Waals surface area contributed by atoms with Crippen molar-refractivity contribution in [2.75, 3.05) is 12.1 Å². The number of rotatable bonds is 3. The van der Waals surface area contributed by atoms with Crippen molar-refractivity contribution < 1.29 is 19.2 Å². The van der Waals surface area contributed by atoms with Gasteiger partial charge >= 0.3 is 0 Å². The van der Waals surface area contributed by atoms with Crippen molar-refractivity contribution in [1.82, 2.24) is 0 Å². The lowest BCUT2D eigenvalue weighted by Gasteiger charge is -2.10. The molecule has 0 saturated heterocycles. The van der Waals surface area contributed by atoms with Crippen molar-refractivity contribution in [2.45, 2.75) is 18.4 Å². The van der Waals surface area contributed by atoms with Crippen LogP contribution in [-0.4, -0.2) is 23.2 Å². The molecular weight excluding hydrogens is 254 g/mol. The molecule has 0 spiro atoms. The second-order valence-electron chi connectivity index (χ2n) is 4.59. The maximum absolute atomic E-state index is 11.8. The molecule has 19 heavy (non-hydrogen) atoms. The molecule has 0 bridgehead atoms. The Balaban J connectivity index is 1.95. The molecule has 0 unspecified atom stereocenters. The lowest BCUT2D eigenvalue weighted by molar-refractivity contribution is -0.384. The molecule has 2 aliphatic rings. The second kappa shape index (κ2) is 3.82. The van der Waals surface area contributed by atoms with Gasteiger partial charge in [0, 0.05) is 6.07 Å². The zero-order chi connectivity index (χ0) is 13.6. The third-order valence-electron chi connectivity index (χ3n) is 3.18. The molecule has 1 aromatic rings. The lowest BCUT2D eigenvalue weighted by Crippen LogP contribution is -2.37. The number of fused-ring (bicyclic) bond motifs is 1. The van der Waals surface area contributed by atoms with E-state index in [0.29, 0.717) is 24.3 Å². The van der Waals surface area contributed by atoms with E-state index in [1.807, 2.05) is 0 Å². The molecule has 1 saturated carbocycles. The quantitative estimate of drug-likeness (QED) is 0.615. The largest absolute Gasteiger partial charge is 0.454 e. The standard InChI is InChI=1S/C11H11N3O5/c12-11(1-2-11)10(15)13-6-3-8-9(19-5-18-8)4-7(6)14(16)17/h3-4H,1-2,5,12H2,(H,13,15). The molecular formula is C11H11N3O5. The number of nitro benzene ring substituents is 1. The van der Waals surface area contributed by atoms with E-state index in [9.17, 15) is 14.9 Å². The van der Waals surface area contributed by atoms with Gasteiger partial charge in [-0.1, -0.05) is 0 Å². The van der Waals surface area contributed by atoms with Gasteiger partial charge in [-0.25, -0.2) is 0 Å². The van der Waals surface area contributed by atoms with Crippen molar-refractivity contribution in [3.8, 4) is 11.5 Å². The van der Waals surface area contributed by atoms with Crippen LogP contribution in [0, 0.1) is 10.1 Å². The van der Waals surface area contributed by atoms with Gasteiger partial charge in [0.05, 0.1) is 16.5 Å². The Morgan fingerprint density at radius 3 is 2.58 bits per heavy atom. The van der Waals surface area contributed by atoms with Gasteiger partial charge in [-0.15, -0.1) is 0 Å². The fraction of sp³-hybridized carbons (Fsp3) is 0.364. The molecule has 3 N–H and O–H groups in total. The number of anilines is 1. The Labute approximate surface area is 107 Å². The van der Waals surface area contributed by atoms with Gasteiger partial charge in [0.1, 0.15) is 5.69 Å². The Morgan fingerprint density at radius 1 is 1.37 bits per heavy atom. The molecule has 0 aromatic heterocycles. The van der Waals surface area contributed by atoms with Gasteiger partial charge < -0.3 is 20.5 Å². The van der Waals surface area contributed by atoms with E-state index in [2.05, 4.69) is 5.32 Å². The fourth-order valence-corrected chi connectivity index (χ4v) is 1.79. The van der Waals surface area contributed by atoms with Crippen LogP contribution in [0.5, 0.6) is 11.5 Å². The Hall–Kier alpha value is -2.35. The summed E-state index contributed by atoms with van der Waals surface area (Å²) in [4.78, 5) is 22.2. The third-order valence-corrected chi connectivity index (χ3v) is 3.18. The van der Waals surface area contributed by atoms with Crippen LogP contribution in [0.4, 0.5) is 11.4 Å². The summed E-state index contributed by atoms with van der Waals surface area (Å²) in [5.41, 5.74) is 4.66. The van der Waals surface area contributed by atoms with Crippen molar-refractivity contribution >= 4 is 17.3 Å². The summed E-state index contributed by atoms with van der Waals surface area (Å²) < 4.78 is 10.2. The second-order valence-corrected chi connectivity index (χ2v) is 4.59. The van der Waals surface area contributed by atoms with E-state index in [1.165, 1.54) is 12.1 Å². The Kier molecular flexibility index (Phi) is 2.36. The summed E-state index contributed by atoms with van der Waals surface area (Å²) in [5.74, 6) is 0.232. The van der Waals surface area contributed by atoms with Crippen molar-refractivity contribution in [2.24, 2.45) is 5.73 Å². The number of carbonyl (C=O) groups excluding carboxylic acids is 1. The monoisotopic (exact) mass is 265 g/mol. The number of carbonyl (C=O) groups is 1. The minimum atomic E-state index is -0.899. The molecule has 1 amide bonds. The van der Waals surface area contributed by atoms with E-state index < -0.39 is 16.4 Å². The number of nitrogens with one attached hydrogen (secondary N) is 1. The Morgan fingerprint density at radius 2 is 2.00 bits per heavy atom. The van der Waals surface area contributed by atoms with E-state index in [1.54, 1.807) is 0 Å². The first-order valence-corrected chi connectivity index (χ1v) is 5.68. The van der Waals surface area contributed by atoms with Crippen LogP contribution in [0.3, 0.4) is 0 Å². The Bertz CT molecular complexity index is 582. The molecule has 3 rings (SSSR count). The predicted molar refractivity (Wildman–Crippen MR) is 64.0 cm³/mol. The van der Waals surface area contributed by atoms with E-state index in [4.69, 9.17) is 15.2 Å². The molecule has 0 radical (unpaired) electrons. The SMILES string of the molecule is NC1(C(=O)Nc2cc3c(cc2[N+](=O)[O-])OCO3)CC1. The molecule has 8 heteroatoms. The fourth-order valence-electron chi connectivity index (χ4n) is 1.79. The highest BCUT2D eigenvalue weighted by Gasteiger charge is 2.46. The molecule has 1 aliphatic heterocycles. The van der Waals surface area contributed by atoms with Crippen LogP contribution in [0.15, 0.2) is 12.1 Å². The number of benzene rings is 1. The minimum Gasteiger partial charge on any atom is -0.454 e. The number of ether oxygens (including phenoxy) is 2. The number of nitrogens with zero attached hydrogens (tertiary/aromatic N) is 1. The summed E-state index contributed by atoms with van der Waals surface area (Å²) in [5, 5.41) is 13.5. The third kappa shape index (κ3) is 1.95. The average molecular weight is 265 g/mol. The lowest BCUT2D eigenvalue weighted by atomic mass is 10.2. The van der Waals surface area contributed by atoms with Gasteiger partial charge in [0.15, 0.2) is 11.5 Å². The van der Waals surface area contributed by atoms with Crippen molar-refractivity contribution in [3.63, 3.8) is 0 Å². The van der Waals surface area contributed by atoms with Crippen molar-refractivity contribution in [1.29, 1.82) is 0 Å². The summed E-state index contributed by atoms with van der Waals surface area (Å²) in [7, 11) is 0. The summed E-state index contributed by atoms with van der Waals surface area (Å²) >= 11 is 0. The van der Waals surface area contributed by atoms with Crippen LogP contribution in [0.25, 0.3) is 0 Å². The molecule has 1 heterocycles.